The number of nitrogens with one attached hydrogen (secondary N) is 2. The summed E-state index contributed by atoms with van der Waals surface area (Å²) in [7, 11) is 0. The van der Waals surface area contributed by atoms with Crippen molar-refractivity contribution in [3.63, 3.8) is 0 Å². The molecule has 5 nitrogen and oxygen atoms in total. The van der Waals surface area contributed by atoms with Crippen molar-refractivity contribution in [1.82, 2.24) is 15.8 Å². The molecule has 0 spiro atoms. The van der Waals surface area contributed by atoms with Gasteiger partial charge in [-0.3, -0.25) is 5.01 Å². The molecular weight excluding hydrogens is 338 g/mol. The Morgan fingerprint density at radius 3 is 2.81 bits per heavy atom. The van der Waals surface area contributed by atoms with Gasteiger partial charge in [0.25, 0.3) is 0 Å². The number of hydrazine groups is 1. The maximum atomic E-state index is 10.9. The van der Waals surface area contributed by atoms with Gasteiger partial charge < -0.3 is 15.2 Å². The predicted octanol–water partition coefficient (Wildman–Crippen LogP) is 3.10. The molecule has 0 amide bonds. The monoisotopic (exact) mass is 365 g/mol. The molecule has 27 heavy (non-hydrogen) atoms. The molecule has 1 aliphatic carbocycles. The molecule has 5 heteroatoms. The van der Waals surface area contributed by atoms with E-state index >= 15 is 0 Å². The predicted molar refractivity (Wildman–Crippen MR) is 106 cm³/mol. The van der Waals surface area contributed by atoms with Gasteiger partial charge in [-0.05, 0) is 44.4 Å². The van der Waals surface area contributed by atoms with Gasteiger partial charge in [-0.15, -0.1) is 0 Å². The van der Waals surface area contributed by atoms with E-state index in [0.29, 0.717) is 0 Å². The molecule has 1 aromatic rings. The second kappa shape index (κ2) is 6.91. The van der Waals surface area contributed by atoms with Crippen molar-refractivity contribution in [2.45, 2.75) is 45.4 Å². The Balaban J connectivity index is 1.56. The third kappa shape index (κ3) is 3.53. The van der Waals surface area contributed by atoms with Gasteiger partial charge >= 0.3 is 0 Å². The van der Waals surface area contributed by atoms with Crippen LogP contribution in [0.1, 0.15) is 32.8 Å². The number of ether oxygens (including phenoxy) is 1. The topological polar surface area (TPSA) is 56.8 Å². The van der Waals surface area contributed by atoms with Gasteiger partial charge in [0.05, 0.1) is 17.5 Å². The van der Waals surface area contributed by atoms with Crippen LogP contribution in [0.5, 0.6) is 0 Å². The highest BCUT2D eigenvalue weighted by Gasteiger charge is 2.41. The third-order valence-electron chi connectivity index (χ3n) is 5.20. The molecule has 2 heterocycles. The summed E-state index contributed by atoms with van der Waals surface area (Å²) in [4.78, 5) is 0. The zero-order chi connectivity index (χ0) is 19.0. The highest BCUT2D eigenvalue weighted by atomic mass is 16.5. The molecule has 142 valence electrons. The van der Waals surface area contributed by atoms with Crippen LogP contribution in [0, 0.1) is 0 Å². The second-order valence-corrected chi connectivity index (χ2v) is 7.93. The number of allylic oxidation sites excluding steroid dienone is 5. The lowest BCUT2D eigenvalue weighted by molar-refractivity contribution is -0.0691. The first-order chi connectivity index (χ1) is 12.9. The maximum absolute atomic E-state index is 10.9. The van der Waals surface area contributed by atoms with Gasteiger partial charge in [0.2, 0.25) is 0 Å². The van der Waals surface area contributed by atoms with Crippen molar-refractivity contribution in [3.05, 3.63) is 82.6 Å². The summed E-state index contributed by atoms with van der Waals surface area (Å²) in [5, 5.41) is 16.3. The molecule has 0 saturated heterocycles. The molecular formula is C22H27N3O2. The molecule has 0 aromatic heterocycles. The fraction of sp³-hybridized carbons (Fsp3) is 0.364. The highest BCUT2D eigenvalue weighted by Crippen LogP contribution is 2.37. The Bertz CT molecular complexity index is 850. The van der Waals surface area contributed by atoms with Crippen molar-refractivity contribution in [3.8, 4) is 0 Å². The Morgan fingerprint density at radius 1 is 1.26 bits per heavy atom. The van der Waals surface area contributed by atoms with E-state index in [1.54, 1.807) is 6.26 Å². The van der Waals surface area contributed by atoms with Crippen LogP contribution >= 0.6 is 0 Å². The van der Waals surface area contributed by atoms with Gasteiger partial charge in [-0.1, -0.05) is 30.3 Å². The zero-order valence-electron chi connectivity index (χ0n) is 16.1. The van der Waals surface area contributed by atoms with Gasteiger partial charge in [-0.25, -0.2) is 5.43 Å². The summed E-state index contributed by atoms with van der Waals surface area (Å²) in [6, 6.07) is 10.4. The van der Waals surface area contributed by atoms with E-state index in [1.807, 2.05) is 50.1 Å². The third-order valence-corrected chi connectivity index (χ3v) is 5.20. The van der Waals surface area contributed by atoms with Gasteiger partial charge in [-0.2, -0.15) is 0 Å². The summed E-state index contributed by atoms with van der Waals surface area (Å²) in [6.07, 6.45) is 6.89. The fourth-order valence-electron chi connectivity index (χ4n) is 3.74. The van der Waals surface area contributed by atoms with Crippen molar-refractivity contribution in [1.29, 1.82) is 0 Å². The average Bonchev–Trinajstić information content (AvgIpc) is 2.64. The van der Waals surface area contributed by atoms with Crippen LogP contribution in [0.2, 0.25) is 0 Å². The SMILES string of the molecule is CC1=COC2=CC3=C(CC2=C1)NC(C)(C)C(O)N3NCCc1ccccc1. The Kier molecular flexibility index (Phi) is 4.58. The van der Waals surface area contributed by atoms with E-state index < -0.39 is 11.8 Å². The minimum atomic E-state index is -0.699. The Morgan fingerprint density at radius 2 is 2.04 bits per heavy atom. The molecule has 2 aliphatic heterocycles. The van der Waals surface area contributed by atoms with Crippen LogP contribution in [0.15, 0.2) is 77.0 Å². The van der Waals surface area contributed by atoms with Crippen molar-refractivity contribution < 1.29 is 9.84 Å². The number of hydrogen-bond acceptors (Lipinski definition) is 5. The van der Waals surface area contributed by atoms with E-state index in [9.17, 15) is 5.11 Å². The lowest BCUT2D eigenvalue weighted by Crippen LogP contribution is -2.64. The molecule has 1 atom stereocenters. The largest absolute Gasteiger partial charge is 0.464 e. The summed E-state index contributed by atoms with van der Waals surface area (Å²) in [6.45, 7) is 6.81. The first kappa shape index (κ1) is 17.9. The molecule has 0 fully saturated rings. The number of hydrogen-bond donors (Lipinski definition) is 3. The first-order valence-electron chi connectivity index (χ1n) is 9.46. The second-order valence-electron chi connectivity index (χ2n) is 7.93. The number of benzene rings is 1. The quantitative estimate of drug-likeness (QED) is 0.766. The Hall–Kier alpha value is -2.50. The lowest BCUT2D eigenvalue weighted by atomic mass is 9.91. The number of rotatable bonds is 4. The summed E-state index contributed by atoms with van der Waals surface area (Å²) in [5.41, 5.74) is 8.55. The van der Waals surface area contributed by atoms with Crippen molar-refractivity contribution in [2.75, 3.05) is 6.54 Å². The minimum Gasteiger partial charge on any atom is -0.464 e. The number of fused-ring (bicyclic) bond motifs is 1. The van der Waals surface area contributed by atoms with Gasteiger partial charge in [0.1, 0.15) is 5.76 Å². The zero-order valence-corrected chi connectivity index (χ0v) is 16.1. The summed E-state index contributed by atoms with van der Waals surface area (Å²) >= 11 is 0. The fourth-order valence-corrected chi connectivity index (χ4v) is 3.74. The molecule has 3 aliphatic rings. The van der Waals surface area contributed by atoms with Gasteiger partial charge in [0.15, 0.2) is 6.23 Å². The van der Waals surface area contributed by atoms with Crippen LogP contribution in [0.4, 0.5) is 0 Å². The number of aliphatic hydroxyl groups excluding tert-OH is 1. The molecule has 1 unspecified atom stereocenters. The van der Waals surface area contributed by atoms with Crippen molar-refractivity contribution in [2.24, 2.45) is 0 Å². The molecule has 3 N–H and O–H groups in total. The van der Waals surface area contributed by atoms with Crippen LogP contribution < -0.4 is 10.7 Å². The van der Waals surface area contributed by atoms with Crippen molar-refractivity contribution >= 4 is 0 Å². The van der Waals surface area contributed by atoms with Crippen LogP contribution in [-0.4, -0.2) is 28.4 Å². The summed E-state index contributed by atoms with van der Waals surface area (Å²) in [5.74, 6) is 0.850. The van der Waals surface area contributed by atoms with Gasteiger partial charge in [0, 0.05) is 30.3 Å². The Labute approximate surface area is 160 Å². The van der Waals surface area contributed by atoms with E-state index in [2.05, 4.69) is 29.0 Å². The van der Waals surface area contributed by atoms with Crippen LogP contribution in [-0.2, 0) is 11.2 Å². The normalized spacial score (nSPS) is 23.3. The molecule has 0 bridgehead atoms. The van der Waals surface area contributed by atoms with E-state index in [-0.39, 0.29) is 0 Å². The number of aliphatic hydroxyl groups is 1. The number of nitrogens with zero attached hydrogens (tertiary/aromatic N) is 1. The standard InChI is InChI=1S/C22H27N3O2/c1-15-11-17-12-18-19(13-20(17)27-14-15)25(21(26)22(2,3)24-18)23-10-9-16-7-5-4-6-8-16/h4-8,11,13-14,21,23-24,26H,9-10,12H2,1-3H3. The molecule has 1 aromatic carbocycles. The summed E-state index contributed by atoms with van der Waals surface area (Å²) < 4.78 is 5.79. The van der Waals surface area contributed by atoms with E-state index in [0.717, 1.165) is 47.7 Å². The first-order valence-corrected chi connectivity index (χ1v) is 9.46. The maximum Gasteiger partial charge on any atom is 0.163 e. The minimum absolute atomic E-state index is 0.467. The highest BCUT2D eigenvalue weighted by molar-refractivity contribution is 5.49. The van der Waals surface area contributed by atoms with E-state index in [1.165, 1.54) is 5.56 Å². The smallest absolute Gasteiger partial charge is 0.163 e. The molecule has 4 rings (SSSR count). The van der Waals surface area contributed by atoms with Crippen LogP contribution in [0.25, 0.3) is 0 Å². The average molecular weight is 365 g/mol. The van der Waals surface area contributed by atoms with E-state index in [4.69, 9.17) is 4.74 Å². The van der Waals surface area contributed by atoms with Crippen LogP contribution in [0.3, 0.4) is 0 Å². The molecule has 0 saturated carbocycles. The lowest BCUT2D eigenvalue weighted by Gasteiger charge is -2.48. The molecule has 0 radical (unpaired) electrons.